The lowest BCUT2D eigenvalue weighted by molar-refractivity contribution is -0.117. The van der Waals surface area contributed by atoms with Crippen LogP contribution >= 0.6 is 11.8 Å². The first-order chi connectivity index (χ1) is 8.65. The molecule has 0 radical (unpaired) electrons. The minimum Gasteiger partial charge on any atom is -0.325 e. The SMILES string of the molecule is CC(N)C(=O)Nc1ccc(Sc2ncn[nH]2)cc1. The van der Waals surface area contributed by atoms with Crippen LogP contribution in [-0.4, -0.2) is 27.1 Å². The van der Waals surface area contributed by atoms with E-state index in [2.05, 4.69) is 20.5 Å². The standard InChI is InChI=1S/C11H13N5OS/c1-7(12)10(17)15-8-2-4-9(5-3-8)18-11-13-6-14-16-11/h2-7H,12H2,1H3,(H,15,17)(H,13,14,16). The Kier molecular flexibility index (Phi) is 3.96. The molecule has 94 valence electrons. The van der Waals surface area contributed by atoms with Crippen molar-refractivity contribution in [2.45, 2.75) is 23.0 Å². The predicted molar refractivity (Wildman–Crippen MR) is 69.2 cm³/mol. The van der Waals surface area contributed by atoms with Crippen molar-refractivity contribution in [2.75, 3.05) is 5.32 Å². The molecule has 0 aliphatic carbocycles. The van der Waals surface area contributed by atoms with Gasteiger partial charge in [-0.15, -0.1) is 0 Å². The van der Waals surface area contributed by atoms with E-state index in [0.717, 1.165) is 15.7 Å². The molecule has 0 spiro atoms. The second-order valence-electron chi connectivity index (χ2n) is 3.69. The van der Waals surface area contributed by atoms with Crippen molar-refractivity contribution in [3.63, 3.8) is 0 Å². The number of amides is 1. The fraction of sp³-hybridized carbons (Fsp3) is 0.182. The molecule has 1 atom stereocenters. The Morgan fingerprint density at radius 2 is 2.17 bits per heavy atom. The number of H-pyrrole nitrogens is 1. The van der Waals surface area contributed by atoms with Crippen molar-refractivity contribution >= 4 is 23.4 Å². The van der Waals surface area contributed by atoms with Crippen LogP contribution in [0.2, 0.25) is 0 Å². The van der Waals surface area contributed by atoms with Crippen LogP contribution in [0.5, 0.6) is 0 Å². The number of benzene rings is 1. The van der Waals surface area contributed by atoms with Gasteiger partial charge in [0, 0.05) is 10.6 Å². The summed E-state index contributed by atoms with van der Waals surface area (Å²) in [6.45, 7) is 1.64. The molecule has 1 aromatic carbocycles. The topological polar surface area (TPSA) is 96.7 Å². The third-order valence-electron chi connectivity index (χ3n) is 2.14. The van der Waals surface area contributed by atoms with E-state index in [1.54, 1.807) is 6.92 Å². The van der Waals surface area contributed by atoms with Crippen LogP contribution in [0, 0.1) is 0 Å². The summed E-state index contributed by atoms with van der Waals surface area (Å²) >= 11 is 1.46. The van der Waals surface area contributed by atoms with Crippen LogP contribution in [-0.2, 0) is 4.79 Å². The van der Waals surface area contributed by atoms with E-state index in [4.69, 9.17) is 5.73 Å². The number of rotatable bonds is 4. The van der Waals surface area contributed by atoms with Gasteiger partial charge < -0.3 is 11.1 Å². The second-order valence-corrected chi connectivity index (χ2v) is 4.76. The van der Waals surface area contributed by atoms with Crippen molar-refractivity contribution < 1.29 is 4.79 Å². The molecule has 0 fully saturated rings. The fourth-order valence-corrected chi connectivity index (χ4v) is 1.91. The van der Waals surface area contributed by atoms with Crippen LogP contribution in [0.1, 0.15) is 6.92 Å². The highest BCUT2D eigenvalue weighted by Gasteiger charge is 2.07. The smallest absolute Gasteiger partial charge is 0.240 e. The summed E-state index contributed by atoms with van der Waals surface area (Å²) in [6, 6.07) is 6.90. The first kappa shape index (κ1) is 12.6. The van der Waals surface area contributed by atoms with E-state index in [0.29, 0.717) is 0 Å². The Balaban J connectivity index is 1.99. The number of nitrogens with zero attached hydrogens (tertiary/aromatic N) is 2. The van der Waals surface area contributed by atoms with E-state index in [1.807, 2.05) is 24.3 Å². The summed E-state index contributed by atoms with van der Waals surface area (Å²) in [4.78, 5) is 16.4. The van der Waals surface area contributed by atoms with E-state index in [9.17, 15) is 4.79 Å². The van der Waals surface area contributed by atoms with E-state index >= 15 is 0 Å². The zero-order valence-corrected chi connectivity index (χ0v) is 10.6. The van der Waals surface area contributed by atoms with Gasteiger partial charge >= 0.3 is 0 Å². The van der Waals surface area contributed by atoms with Gasteiger partial charge in [0.15, 0.2) is 5.16 Å². The minimum atomic E-state index is -0.520. The van der Waals surface area contributed by atoms with Crippen molar-refractivity contribution in [1.29, 1.82) is 0 Å². The Hall–Kier alpha value is -1.86. The number of aromatic amines is 1. The molecule has 0 saturated heterocycles. The first-order valence-electron chi connectivity index (χ1n) is 5.35. The lowest BCUT2D eigenvalue weighted by Crippen LogP contribution is -2.32. The molecule has 1 amide bonds. The molecular formula is C11H13N5OS. The summed E-state index contributed by atoms with van der Waals surface area (Å²) in [5.41, 5.74) is 6.19. The number of nitrogens with one attached hydrogen (secondary N) is 2. The fourth-order valence-electron chi connectivity index (χ4n) is 1.22. The maximum Gasteiger partial charge on any atom is 0.240 e. The van der Waals surface area contributed by atoms with Gasteiger partial charge in [-0.2, -0.15) is 5.10 Å². The van der Waals surface area contributed by atoms with Crippen LogP contribution in [0.15, 0.2) is 40.6 Å². The van der Waals surface area contributed by atoms with Gasteiger partial charge in [0.2, 0.25) is 5.91 Å². The molecule has 0 aliphatic heterocycles. The zero-order valence-electron chi connectivity index (χ0n) is 9.75. The van der Waals surface area contributed by atoms with Crippen molar-refractivity contribution in [3.05, 3.63) is 30.6 Å². The van der Waals surface area contributed by atoms with Gasteiger partial charge in [-0.3, -0.25) is 9.89 Å². The number of aromatic nitrogens is 3. The average molecular weight is 263 g/mol. The van der Waals surface area contributed by atoms with Crippen LogP contribution in [0.25, 0.3) is 0 Å². The minimum absolute atomic E-state index is 0.203. The molecule has 0 saturated carbocycles. The van der Waals surface area contributed by atoms with Gasteiger partial charge in [-0.05, 0) is 31.2 Å². The maximum absolute atomic E-state index is 11.4. The predicted octanol–water partition coefficient (Wildman–Crippen LogP) is 1.24. The number of anilines is 1. The average Bonchev–Trinajstić information content (AvgIpc) is 2.84. The summed E-state index contributed by atoms with van der Waals surface area (Å²) in [5, 5.41) is 9.97. The largest absolute Gasteiger partial charge is 0.325 e. The highest BCUT2D eigenvalue weighted by Crippen LogP contribution is 2.25. The first-order valence-corrected chi connectivity index (χ1v) is 6.16. The van der Waals surface area contributed by atoms with Crippen molar-refractivity contribution in [1.82, 2.24) is 15.2 Å². The number of nitrogens with two attached hydrogens (primary N) is 1. The van der Waals surface area contributed by atoms with Crippen molar-refractivity contribution in [3.8, 4) is 0 Å². The summed E-state index contributed by atoms with van der Waals surface area (Å²) in [5.74, 6) is -0.203. The number of carbonyl (C=O) groups is 1. The third kappa shape index (κ3) is 3.31. The molecule has 1 aromatic heterocycles. The highest BCUT2D eigenvalue weighted by molar-refractivity contribution is 7.99. The monoisotopic (exact) mass is 263 g/mol. The Labute approximate surface area is 108 Å². The molecule has 7 heteroatoms. The van der Waals surface area contributed by atoms with Crippen molar-refractivity contribution in [2.24, 2.45) is 5.73 Å². The molecule has 18 heavy (non-hydrogen) atoms. The van der Waals surface area contributed by atoms with Gasteiger partial charge in [-0.1, -0.05) is 11.8 Å². The quantitative estimate of drug-likeness (QED) is 0.771. The Morgan fingerprint density at radius 1 is 1.44 bits per heavy atom. The molecular weight excluding hydrogens is 250 g/mol. The van der Waals surface area contributed by atoms with Crippen LogP contribution < -0.4 is 11.1 Å². The lowest BCUT2D eigenvalue weighted by Gasteiger charge is -2.07. The normalized spacial score (nSPS) is 12.1. The second kappa shape index (κ2) is 5.65. The van der Waals surface area contributed by atoms with Gasteiger partial charge in [-0.25, -0.2) is 4.98 Å². The van der Waals surface area contributed by atoms with E-state index in [-0.39, 0.29) is 5.91 Å². The molecule has 2 aromatic rings. The third-order valence-corrected chi connectivity index (χ3v) is 3.04. The Morgan fingerprint density at radius 3 is 2.72 bits per heavy atom. The number of hydrogen-bond acceptors (Lipinski definition) is 5. The van der Waals surface area contributed by atoms with Crippen LogP contribution in [0.4, 0.5) is 5.69 Å². The molecule has 1 unspecified atom stereocenters. The zero-order chi connectivity index (χ0) is 13.0. The maximum atomic E-state index is 11.4. The van der Waals surface area contributed by atoms with Gasteiger partial charge in [0.05, 0.1) is 6.04 Å². The Bertz CT molecular complexity index is 509. The molecule has 0 bridgehead atoms. The number of hydrogen-bond donors (Lipinski definition) is 3. The molecule has 0 aliphatic rings. The number of carbonyl (C=O) groups excluding carboxylic acids is 1. The summed E-state index contributed by atoms with van der Waals surface area (Å²) < 4.78 is 0. The lowest BCUT2D eigenvalue weighted by atomic mass is 10.3. The summed E-state index contributed by atoms with van der Waals surface area (Å²) in [7, 11) is 0. The summed E-state index contributed by atoms with van der Waals surface area (Å²) in [6.07, 6.45) is 1.46. The highest BCUT2D eigenvalue weighted by atomic mass is 32.2. The van der Waals surface area contributed by atoms with Crippen LogP contribution in [0.3, 0.4) is 0 Å². The molecule has 6 nitrogen and oxygen atoms in total. The van der Waals surface area contributed by atoms with E-state index < -0.39 is 6.04 Å². The van der Waals surface area contributed by atoms with E-state index in [1.165, 1.54) is 18.1 Å². The van der Waals surface area contributed by atoms with Gasteiger partial charge in [0.25, 0.3) is 0 Å². The molecule has 4 N–H and O–H groups in total. The molecule has 1 heterocycles. The van der Waals surface area contributed by atoms with Gasteiger partial charge in [0.1, 0.15) is 6.33 Å². The molecule has 2 rings (SSSR count).